The van der Waals surface area contributed by atoms with E-state index in [0.717, 1.165) is 4.57 Å². The van der Waals surface area contributed by atoms with Gasteiger partial charge in [0, 0.05) is 24.8 Å². The second-order valence-electron chi connectivity index (χ2n) is 5.98. The highest BCUT2D eigenvalue weighted by Gasteiger charge is 2.21. The van der Waals surface area contributed by atoms with Gasteiger partial charge in [0.15, 0.2) is 21.7 Å². The molecule has 0 atom stereocenters. The number of hydrogen-bond acceptors (Lipinski definition) is 5. The van der Waals surface area contributed by atoms with Gasteiger partial charge in [0.25, 0.3) is 5.56 Å². The Balaban J connectivity index is 2.19. The number of para-hydroxylation sites is 1. The monoisotopic (exact) mass is 431 g/mol. The molecule has 2 aromatic heterocycles. The third-order valence-corrected chi connectivity index (χ3v) is 4.88. The second kappa shape index (κ2) is 7.36. The van der Waals surface area contributed by atoms with E-state index >= 15 is 0 Å². The van der Waals surface area contributed by atoms with Crippen LogP contribution in [-0.2, 0) is 20.1 Å². The molecule has 0 radical (unpaired) electrons. The maximum atomic E-state index is 13.0. The first-order chi connectivity index (χ1) is 12.9. The van der Waals surface area contributed by atoms with Crippen molar-refractivity contribution in [3.05, 3.63) is 67.6 Å². The fourth-order valence-electron chi connectivity index (χ4n) is 2.84. The number of carbonyl (C=O) groups excluding carboxylic acids is 1. The number of nitrogens with two attached hydrogens (primary N) is 1. The normalized spacial score (nSPS) is 11.5. The minimum Gasteiger partial charge on any atom is -0.398 e. The molecule has 2 N–H and O–H groups in total. The molecule has 1 aromatic carbocycles. The fraction of sp³-hybridized carbons (Fsp3) is 0.222. The number of imidazole rings is 1. The summed E-state index contributed by atoms with van der Waals surface area (Å²) in [7, 11) is 1.52. The van der Waals surface area contributed by atoms with Crippen molar-refractivity contribution in [3.8, 4) is 0 Å². The highest BCUT2D eigenvalue weighted by atomic mass is 79.9. The number of carbonyl (C=O) groups is 1. The molecule has 2 heterocycles. The number of ketones is 1. The predicted octanol–water partition coefficient (Wildman–Crippen LogP) is 1.70. The van der Waals surface area contributed by atoms with Gasteiger partial charge in [-0.3, -0.25) is 18.7 Å². The summed E-state index contributed by atoms with van der Waals surface area (Å²) < 4.78 is 4.25. The molecule has 140 valence electrons. The smallest absolute Gasteiger partial charge is 0.332 e. The lowest BCUT2D eigenvalue weighted by Crippen LogP contribution is -2.41. The van der Waals surface area contributed by atoms with Crippen LogP contribution in [0.5, 0.6) is 0 Å². The molecule has 0 bridgehead atoms. The summed E-state index contributed by atoms with van der Waals surface area (Å²) in [6.45, 7) is 1.87. The van der Waals surface area contributed by atoms with E-state index in [2.05, 4.69) is 20.9 Å². The van der Waals surface area contributed by atoms with Gasteiger partial charge in [-0.1, -0.05) is 24.3 Å². The number of allylic oxidation sites excluding steroid dienone is 2. The molecule has 0 fully saturated rings. The SMILES string of the molecule is CC=CCn1c(Br)nc2c1c(=O)n(CC(=O)c1ccccc1N)c(=O)n2C. The van der Waals surface area contributed by atoms with Crippen molar-refractivity contribution < 1.29 is 4.79 Å². The van der Waals surface area contributed by atoms with Crippen LogP contribution in [0.1, 0.15) is 17.3 Å². The van der Waals surface area contributed by atoms with Crippen LogP contribution in [0.15, 0.2) is 50.7 Å². The molecule has 0 unspecified atom stereocenters. The van der Waals surface area contributed by atoms with Crippen molar-refractivity contribution in [2.75, 3.05) is 5.73 Å². The first-order valence-corrected chi connectivity index (χ1v) is 9.00. The molecule has 0 saturated carbocycles. The highest BCUT2D eigenvalue weighted by Crippen LogP contribution is 2.17. The van der Waals surface area contributed by atoms with Crippen LogP contribution in [0.2, 0.25) is 0 Å². The van der Waals surface area contributed by atoms with Crippen LogP contribution in [0, 0.1) is 0 Å². The number of fused-ring (bicyclic) bond motifs is 1. The quantitative estimate of drug-likeness (QED) is 0.286. The van der Waals surface area contributed by atoms with E-state index in [1.165, 1.54) is 11.6 Å². The molecule has 0 aliphatic heterocycles. The molecule has 0 spiro atoms. The molecule has 0 aliphatic rings. The average Bonchev–Trinajstić information content (AvgIpc) is 2.98. The number of anilines is 1. The number of nitrogens with zero attached hydrogens (tertiary/aromatic N) is 4. The van der Waals surface area contributed by atoms with E-state index in [4.69, 9.17) is 5.73 Å². The van der Waals surface area contributed by atoms with E-state index < -0.39 is 23.6 Å². The lowest BCUT2D eigenvalue weighted by molar-refractivity contribution is 0.0969. The molecule has 3 aromatic rings. The van der Waals surface area contributed by atoms with Crippen molar-refractivity contribution in [3.63, 3.8) is 0 Å². The zero-order valence-corrected chi connectivity index (χ0v) is 16.4. The number of aromatic nitrogens is 4. The van der Waals surface area contributed by atoms with Crippen LogP contribution < -0.4 is 17.0 Å². The summed E-state index contributed by atoms with van der Waals surface area (Å²) in [5.41, 5.74) is 5.73. The van der Waals surface area contributed by atoms with Crippen molar-refractivity contribution in [1.29, 1.82) is 0 Å². The van der Waals surface area contributed by atoms with Gasteiger partial charge < -0.3 is 10.3 Å². The largest absolute Gasteiger partial charge is 0.398 e. The van der Waals surface area contributed by atoms with Gasteiger partial charge >= 0.3 is 5.69 Å². The van der Waals surface area contributed by atoms with Gasteiger partial charge in [-0.05, 0) is 35.0 Å². The summed E-state index contributed by atoms with van der Waals surface area (Å²) in [4.78, 5) is 42.6. The van der Waals surface area contributed by atoms with Crippen molar-refractivity contribution in [1.82, 2.24) is 18.7 Å². The molecule has 8 nitrogen and oxygen atoms in total. The van der Waals surface area contributed by atoms with E-state index in [9.17, 15) is 14.4 Å². The zero-order chi connectivity index (χ0) is 19.7. The highest BCUT2D eigenvalue weighted by molar-refractivity contribution is 9.10. The molecule has 3 rings (SSSR count). The van der Waals surface area contributed by atoms with Gasteiger partial charge in [-0.2, -0.15) is 0 Å². The lowest BCUT2D eigenvalue weighted by Gasteiger charge is -2.10. The Kier molecular flexibility index (Phi) is 5.13. The van der Waals surface area contributed by atoms with Gasteiger partial charge in [-0.25, -0.2) is 9.78 Å². The summed E-state index contributed by atoms with van der Waals surface area (Å²) in [5, 5.41) is 0. The molecule has 0 amide bonds. The minimum absolute atomic E-state index is 0.246. The van der Waals surface area contributed by atoms with Crippen LogP contribution in [-0.4, -0.2) is 24.5 Å². The Bertz CT molecular complexity index is 1190. The van der Waals surface area contributed by atoms with Crippen LogP contribution >= 0.6 is 15.9 Å². The van der Waals surface area contributed by atoms with Gasteiger partial charge in [0.05, 0.1) is 6.54 Å². The summed E-state index contributed by atoms with van der Waals surface area (Å²) in [5.74, 6) is -0.412. The van der Waals surface area contributed by atoms with E-state index in [0.29, 0.717) is 17.0 Å². The maximum absolute atomic E-state index is 13.0. The zero-order valence-electron chi connectivity index (χ0n) is 14.8. The number of hydrogen-bond donors (Lipinski definition) is 1. The van der Waals surface area contributed by atoms with Crippen LogP contribution in [0.25, 0.3) is 11.2 Å². The predicted molar refractivity (Wildman–Crippen MR) is 107 cm³/mol. The molecule has 9 heteroatoms. The number of Topliss-reactive ketones (excluding diaryl/α,β-unsaturated/α-hetero) is 1. The van der Waals surface area contributed by atoms with E-state index in [-0.39, 0.29) is 16.7 Å². The van der Waals surface area contributed by atoms with Crippen molar-refractivity contribution in [2.45, 2.75) is 20.0 Å². The fourth-order valence-corrected chi connectivity index (χ4v) is 3.33. The van der Waals surface area contributed by atoms with Gasteiger partial charge in [0.2, 0.25) is 0 Å². The first-order valence-electron chi connectivity index (χ1n) is 8.21. The van der Waals surface area contributed by atoms with Crippen molar-refractivity contribution >= 4 is 38.6 Å². The molecule has 27 heavy (non-hydrogen) atoms. The van der Waals surface area contributed by atoms with Crippen molar-refractivity contribution in [2.24, 2.45) is 7.05 Å². The summed E-state index contributed by atoms with van der Waals surface area (Å²) in [6.07, 6.45) is 3.71. The Morgan fingerprint density at radius 1 is 1.26 bits per heavy atom. The van der Waals surface area contributed by atoms with E-state index in [1.54, 1.807) is 28.8 Å². The molecular weight excluding hydrogens is 414 g/mol. The Morgan fingerprint density at radius 2 is 1.96 bits per heavy atom. The second-order valence-corrected chi connectivity index (χ2v) is 6.69. The molecule has 0 saturated heterocycles. The first kappa shape index (κ1) is 18.8. The Hall–Kier alpha value is -2.94. The molecular formula is C18H18BrN5O3. The van der Waals surface area contributed by atoms with Gasteiger partial charge in [0.1, 0.15) is 0 Å². The maximum Gasteiger partial charge on any atom is 0.332 e. The Labute approximate surface area is 162 Å². The average molecular weight is 432 g/mol. The molecule has 0 aliphatic carbocycles. The number of halogens is 1. The summed E-state index contributed by atoms with van der Waals surface area (Å²) in [6, 6.07) is 6.55. The minimum atomic E-state index is -0.612. The third-order valence-electron chi connectivity index (χ3n) is 4.27. The number of nitrogen functional groups attached to an aromatic ring is 1. The number of benzene rings is 1. The van der Waals surface area contributed by atoms with Crippen LogP contribution in [0.4, 0.5) is 5.69 Å². The standard InChI is InChI=1S/C18H18BrN5O3/c1-3-4-9-23-14-15(21-17(23)19)22(2)18(27)24(16(14)26)10-13(25)11-7-5-6-8-12(11)20/h3-8H,9-10,20H2,1-2H3. The number of aryl methyl sites for hydroxylation is 1. The van der Waals surface area contributed by atoms with E-state index in [1.807, 2.05) is 19.1 Å². The third kappa shape index (κ3) is 3.25. The lowest BCUT2D eigenvalue weighted by atomic mass is 10.1. The Morgan fingerprint density at radius 3 is 2.63 bits per heavy atom. The number of rotatable bonds is 5. The summed E-state index contributed by atoms with van der Waals surface area (Å²) >= 11 is 3.33. The van der Waals surface area contributed by atoms with Crippen LogP contribution in [0.3, 0.4) is 0 Å². The topological polar surface area (TPSA) is 105 Å². The van der Waals surface area contributed by atoms with Gasteiger partial charge in [-0.15, -0.1) is 0 Å².